The summed E-state index contributed by atoms with van der Waals surface area (Å²) in [6, 6.07) is 6.87. The molecule has 1 atom stereocenters. The maximum absolute atomic E-state index is 11.9. The van der Waals surface area contributed by atoms with Gasteiger partial charge >= 0.3 is 12.1 Å². The summed E-state index contributed by atoms with van der Waals surface area (Å²) in [6.45, 7) is 3.60. The zero-order chi connectivity index (χ0) is 18.2. The molecule has 2 fully saturated rings. The lowest BCUT2D eigenvalue weighted by atomic mass is 10.1. The Kier molecular flexibility index (Phi) is 6.54. The molecule has 2 aliphatic heterocycles. The van der Waals surface area contributed by atoms with Gasteiger partial charge < -0.3 is 30.3 Å². The van der Waals surface area contributed by atoms with Gasteiger partial charge in [0, 0.05) is 38.5 Å². The largest absolute Gasteiger partial charge is 0.491 e. The molecule has 0 saturated carbocycles. The molecule has 0 aliphatic carbocycles. The van der Waals surface area contributed by atoms with Crippen LogP contribution in [0.15, 0.2) is 24.3 Å². The minimum Gasteiger partial charge on any atom is -0.491 e. The summed E-state index contributed by atoms with van der Waals surface area (Å²) in [6.07, 6.45) is 3.53. The first-order valence-electron chi connectivity index (χ1n) is 9.13. The van der Waals surface area contributed by atoms with Gasteiger partial charge in [0.05, 0.1) is 6.10 Å². The number of carbonyl (C=O) groups is 2. The first-order chi connectivity index (χ1) is 12.7. The molecule has 2 aliphatic rings. The van der Waals surface area contributed by atoms with Crippen LogP contribution in [0, 0.1) is 0 Å². The third kappa shape index (κ3) is 5.52. The van der Waals surface area contributed by atoms with Crippen molar-refractivity contribution in [2.75, 3.05) is 44.7 Å². The van der Waals surface area contributed by atoms with Crippen LogP contribution >= 0.6 is 0 Å². The minimum absolute atomic E-state index is 0.0820. The second-order valence-corrected chi connectivity index (χ2v) is 6.42. The van der Waals surface area contributed by atoms with Crippen LogP contribution in [0.5, 0.6) is 5.75 Å². The van der Waals surface area contributed by atoms with E-state index in [-0.39, 0.29) is 18.2 Å². The Balaban J connectivity index is 1.35. The summed E-state index contributed by atoms with van der Waals surface area (Å²) in [5.74, 6) is 0.755. The van der Waals surface area contributed by atoms with Crippen molar-refractivity contribution in [1.82, 2.24) is 15.5 Å². The van der Waals surface area contributed by atoms with E-state index in [9.17, 15) is 9.59 Å². The molecule has 8 nitrogen and oxygen atoms in total. The zero-order valence-corrected chi connectivity index (χ0v) is 14.8. The van der Waals surface area contributed by atoms with Crippen LogP contribution in [-0.2, 0) is 4.74 Å². The lowest BCUT2D eigenvalue weighted by Gasteiger charge is -2.22. The smallest absolute Gasteiger partial charge is 0.319 e. The van der Waals surface area contributed by atoms with Crippen molar-refractivity contribution in [2.45, 2.75) is 25.4 Å². The summed E-state index contributed by atoms with van der Waals surface area (Å²) in [5.41, 5.74) is 0.683. The van der Waals surface area contributed by atoms with Crippen molar-refractivity contribution in [2.24, 2.45) is 0 Å². The van der Waals surface area contributed by atoms with Crippen LogP contribution in [0.4, 0.5) is 15.3 Å². The zero-order valence-electron chi connectivity index (χ0n) is 14.8. The number of nitrogens with one attached hydrogen (secondary N) is 3. The fourth-order valence-corrected chi connectivity index (χ4v) is 2.97. The fourth-order valence-electron chi connectivity index (χ4n) is 2.97. The molecule has 1 aromatic carbocycles. The van der Waals surface area contributed by atoms with Crippen LogP contribution in [0.2, 0.25) is 0 Å². The normalized spacial score (nSPS) is 19.8. The van der Waals surface area contributed by atoms with Crippen LogP contribution < -0.4 is 20.7 Å². The number of hydrogen-bond donors (Lipinski definition) is 3. The summed E-state index contributed by atoms with van der Waals surface area (Å²) in [5, 5.41) is 8.23. The SMILES string of the molecule is O=C(NCCN1CCNC1=O)Nc1ccc(OCC2CCCCO2)cc1. The highest BCUT2D eigenvalue weighted by Gasteiger charge is 2.18. The monoisotopic (exact) mass is 362 g/mol. The molecule has 0 radical (unpaired) electrons. The van der Waals surface area contributed by atoms with Gasteiger partial charge in [-0.3, -0.25) is 0 Å². The van der Waals surface area contributed by atoms with Gasteiger partial charge in [0.2, 0.25) is 0 Å². The third-order valence-electron chi connectivity index (χ3n) is 4.43. The van der Waals surface area contributed by atoms with Crippen LogP contribution in [0.3, 0.4) is 0 Å². The number of ether oxygens (including phenoxy) is 2. The first-order valence-corrected chi connectivity index (χ1v) is 9.13. The molecule has 1 aromatic rings. The Bertz CT molecular complexity index is 602. The molecule has 1 unspecified atom stereocenters. The molecule has 8 heteroatoms. The van der Waals surface area contributed by atoms with Gasteiger partial charge in [-0.1, -0.05) is 0 Å². The molecule has 0 spiro atoms. The molecular formula is C18H26N4O4. The minimum atomic E-state index is -0.297. The van der Waals surface area contributed by atoms with E-state index in [0.29, 0.717) is 38.5 Å². The van der Waals surface area contributed by atoms with Crippen LogP contribution in [0.1, 0.15) is 19.3 Å². The van der Waals surface area contributed by atoms with E-state index in [0.717, 1.165) is 25.2 Å². The number of rotatable bonds is 7. The Labute approximate surface area is 153 Å². The molecule has 142 valence electrons. The van der Waals surface area contributed by atoms with Gasteiger partial charge in [-0.15, -0.1) is 0 Å². The van der Waals surface area contributed by atoms with E-state index in [1.807, 2.05) is 12.1 Å². The number of carbonyl (C=O) groups excluding carboxylic acids is 2. The average molecular weight is 362 g/mol. The molecule has 0 aromatic heterocycles. The summed E-state index contributed by atoms with van der Waals surface area (Å²) in [7, 11) is 0. The van der Waals surface area contributed by atoms with E-state index in [1.165, 1.54) is 6.42 Å². The van der Waals surface area contributed by atoms with E-state index >= 15 is 0 Å². The maximum atomic E-state index is 11.9. The van der Waals surface area contributed by atoms with Crippen molar-refractivity contribution in [3.63, 3.8) is 0 Å². The van der Waals surface area contributed by atoms with Crippen molar-refractivity contribution in [3.8, 4) is 5.75 Å². The predicted molar refractivity (Wildman–Crippen MR) is 97.5 cm³/mol. The van der Waals surface area contributed by atoms with Gasteiger partial charge in [0.25, 0.3) is 0 Å². The molecule has 3 rings (SSSR count). The quantitative estimate of drug-likeness (QED) is 0.689. The summed E-state index contributed by atoms with van der Waals surface area (Å²) < 4.78 is 11.4. The summed E-state index contributed by atoms with van der Waals surface area (Å²) in [4.78, 5) is 25.0. The number of anilines is 1. The van der Waals surface area contributed by atoms with Gasteiger partial charge in [-0.25, -0.2) is 9.59 Å². The highest BCUT2D eigenvalue weighted by atomic mass is 16.5. The number of urea groups is 2. The van der Waals surface area contributed by atoms with E-state index in [2.05, 4.69) is 16.0 Å². The van der Waals surface area contributed by atoms with Crippen molar-refractivity contribution in [3.05, 3.63) is 24.3 Å². The Morgan fingerprint density at radius 2 is 2.15 bits per heavy atom. The topological polar surface area (TPSA) is 91.9 Å². The maximum Gasteiger partial charge on any atom is 0.319 e. The van der Waals surface area contributed by atoms with Crippen molar-refractivity contribution >= 4 is 17.7 Å². The second kappa shape index (κ2) is 9.28. The van der Waals surface area contributed by atoms with Crippen LogP contribution in [-0.4, -0.2) is 62.5 Å². The van der Waals surface area contributed by atoms with E-state index in [4.69, 9.17) is 9.47 Å². The molecule has 4 amide bonds. The molecular weight excluding hydrogens is 336 g/mol. The van der Waals surface area contributed by atoms with E-state index < -0.39 is 0 Å². The molecule has 3 N–H and O–H groups in total. The van der Waals surface area contributed by atoms with E-state index in [1.54, 1.807) is 17.0 Å². The molecule has 2 heterocycles. The number of nitrogens with zero attached hydrogens (tertiary/aromatic N) is 1. The average Bonchev–Trinajstić information content (AvgIpc) is 3.07. The highest BCUT2D eigenvalue weighted by molar-refractivity contribution is 5.89. The number of hydrogen-bond acceptors (Lipinski definition) is 4. The van der Waals surface area contributed by atoms with Gasteiger partial charge in [0.15, 0.2) is 0 Å². The standard InChI is InChI=1S/C18H26N4O4/c23-17(19-8-10-22-11-9-20-18(22)24)21-14-4-6-15(7-5-14)26-13-16-3-1-2-12-25-16/h4-7,16H,1-3,8-13H2,(H,20,24)(H2,19,21,23). The lowest BCUT2D eigenvalue weighted by molar-refractivity contribution is -0.0110. The van der Waals surface area contributed by atoms with Crippen molar-refractivity contribution < 1.29 is 19.1 Å². The molecule has 0 bridgehead atoms. The van der Waals surface area contributed by atoms with Crippen LogP contribution in [0.25, 0.3) is 0 Å². The fraction of sp³-hybridized carbons (Fsp3) is 0.556. The number of amides is 4. The summed E-state index contributed by atoms with van der Waals surface area (Å²) >= 11 is 0. The van der Waals surface area contributed by atoms with Gasteiger partial charge in [-0.05, 0) is 43.5 Å². The molecule has 26 heavy (non-hydrogen) atoms. The Morgan fingerprint density at radius 1 is 1.31 bits per heavy atom. The Morgan fingerprint density at radius 3 is 2.85 bits per heavy atom. The highest BCUT2D eigenvalue weighted by Crippen LogP contribution is 2.18. The first kappa shape index (κ1) is 18.3. The lowest BCUT2D eigenvalue weighted by Crippen LogP contribution is -2.38. The van der Waals surface area contributed by atoms with Gasteiger partial charge in [0.1, 0.15) is 12.4 Å². The molecule has 2 saturated heterocycles. The third-order valence-corrected chi connectivity index (χ3v) is 4.43. The van der Waals surface area contributed by atoms with Gasteiger partial charge in [-0.2, -0.15) is 0 Å². The number of benzene rings is 1. The van der Waals surface area contributed by atoms with Crippen molar-refractivity contribution in [1.29, 1.82) is 0 Å². The Hall–Kier alpha value is -2.48. The predicted octanol–water partition coefficient (Wildman–Crippen LogP) is 1.78. The second-order valence-electron chi connectivity index (χ2n) is 6.42.